The fraction of sp³-hybridized carbons (Fsp3) is 0.188. The van der Waals surface area contributed by atoms with Crippen LogP contribution in [0.4, 0.5) is 19.3 Å². The lowest BCUT2D eigenvalue weighted by Crippen LogP contribution is -2.33. The Bertz CT molecular complexity index is 949. The maximum Gasteiger partial charge on any atom is 0.319 e. The van der Waals surface area contributed by atoms with Crippen molar-refractivity contribution in [3.05, 3.63) is 54.4 Å². The number of carbonyl (C=O) groups excluding carboxylic acids is 1. The lowest BCUT2D eigenvalue weighted by atomic mass is 10.2. The largest absolute Gasteiger partial charge is 0.494 e. The maximum atomic E-state index is 13.4. The highest BCUT2D eigenvalue weighted by Gasteiger charge is 2.19. The number of benzene rings is 1. The summed E-state index contributed by atoms with van der Waals surface area (Å²) >= 11 is 0. The first kappa shape index (κ1) is 18.2. The number of rotatable bonds is 5. The number of aromatic nitrogens is 5. The Morgan fingerprint density at radius 2 is 1.89 bits per heavy atom. The molecule has 140 valence electrons. The van der Waals surface area contributed by atoms with Gasteiger partial charge >= 0.3 is 6.03 Å². The quantitative estimate of drug-likeness (QED) is 0.708. The Morgan fingerprint density at radius 3 is 2.59 bits per heavy atom. The summed E-state index contributed by atoms with van der Waals surface area (Å²) in [7, 11) is 1.28. The summed E-state index contributed by atoms with van der Waals surface area (Å²) in [6.07, 6.45) is 4.40. The van der Waals surface area contributed by atoms with E-state index in [9.17, 15) is 13.6 Å². The molecule has 0 bridgehead atoms. The average Bonchev–Trinajstić information content (AvgIpc) is 3.15. The number of amides is 2. The molecule has 2 amide bonds. The van der Waals surface area contributed by atoms with Crippen LogP contribution in [0.25, 0.3) is 5.95 Å². The number of hydrogen-bond acceptors (Lipinski definition) is 6. The number of hydrogen-bond donors (Lipinski definition) is 2. The summed E-state index contributed by atoms with van der Waals surface area (Å²) in [6, 6.07) is 2.07. The molecule has 0 saturated heterocycles. The number of urea groups is 1. The Hall–Kier alpha value is -3.63. The molecule has 2 aromatic heterocycles. The molecule has 9 nitrogen and oxygen atoms in total. The zero-order chi connectivity index (χ0) is 19.4. The fourth-order valence-electron chi connectivity index (χ4n) is 2.32. The maximum absolute atomic E-state index is 13.4. The zero-order valence-corrected chi connectivity index (χ0v) is 14.3. The van der Waals surface area contributed by atoms with E-state index in [0.29, 0.717) is 11.8 Å². The van der Waals surface area contributed by atoms with Crippen molar-refractivity contribution in [1.82, 2.24) is 30.0 Å². The summed E-state index contributed by atoms with van der Waals surface area (Å²) < 4.78 is 33.0. The summed E-state index contributed by atoms with van der Waals surface area (Å²) in [6.45, 7) is 1.67. The zero-order valence-electron chi connectivity index (χ0n) is 14.3. The van der Waals surface area contributed by atoms with Gasteiger partial charge in [-0.05, 0) is 13.0 Å². The first-order chi connectivity index (χ1) is 13.0. The minimum Gasteiger partial charge on any atom is -0.494 e. The molecular formula is C16H15F2N7O2. The van der Waals surface area contributed by atoms with Crippen molar-refractivity contribution in [2.75, 3.05) is 12.4 Å². The summed E-state index contributed by atoms with van der Waals surface area (Å²) in [5, 5.41) is 9.08. The van der Waals surface area contributed by atoms with Crippen LogP contribution in [0, 0.1) is 11.6 Å². The lowest BCUT2D eigenvalue weighted by molar-refractivity contribution is 0.248. The van der Waals surface area contributed by atoms with E-state index >= 15 is 0 Å². The number of halogens is 2. The molecule has 1 aromatic carbocycles. The monoisotopic (exact) mass is 375 g/mol. The summed E-state index contributed by atoms with van der Waals surface area (Å²) in [5.74, 6) is -1.53. The van der Waals surface area contributed by atoms with Crippen LogP contribution in [-0.4, -0.2) is 37.9 Å². The standard InChI is InChI=1S/C16H15F2N7O2/c1-9(14-21-8-22-25(14)15-19-4-3-5-20-15)23-16(26)24-12-6-10(17)11(18)7-13(12)27-2/h3-9H,1-2H3,(H2,23,24,26). The molecule has 0 aliphatic carbocycles. The van der Waals surface area contributed by atoms with E-state index in [1.54, 1.807) is 25.4 Å². The van der Waals surface area contributed by atoms with Crippen LogP contribution in [0.3, 0.4) is 0 Å². The molecule has 3 aromatic rings. The van der Waals surface area contributed by atoms with Gasteiger partial charge in [0.1, 0.15) is 12.1 Å². The van der Waals surface area contributed by atoms with Crippen LogP contribution in [-0.2, 0) is 0 Å². The van der Waals surface area contributed by atoms with E-state index in [-0.39, 0.29) is 11.4 Å². The first-order valence-electron chi connectivity index (χ1n) is 7.77. The molecule has 11 heteroatoms. The molecule has 0 aliphatic heterocycles. The van der Waals surface area contributed by atoms with Crippen molar-refractivity contribution >= 4 is 11.7 Å². The number of anilines is 1. The van der Waals surface area contributed by atoms with E-state index in [1.165, 1.54) is 18.1 Å². The molecule has 0 saturated carbocycles. The second-order valence-corrected chi connectivity index (χ2v) is 5.37. The van der Waals surface area contributed by atoms with Crippen molar-refractivity contribution in [2.45, 2.75) is 13.0 Å². The average molecular weight is 375 g/mol. The molecule has 1 atom stereocenters. The van der Waals surface area contributed by atoms with Crippen LogP contribution in [0.5, 0.6) is 5.75 Å². The van der Waals surface area contributed by atoms with Crippen LogP contribution in [0.1, 0.15) is 18.8 Å². The van der Waals surface area contributed by atoms with E-state index in [2.05, 4.69) is 30.7 Å². The van der Waals surface area contributed by atoms with E-state index in [4.69, 9.17) is 4.74 Å². The molecule has 1 unspecified atom stereocenters. The smallest absolute Gasteiger partial charge is 0.319 e. The molecule has 3 rings (SSSR count). The number of nitrogens with one attached hydrogen (secondary N) is 2. The Balaban J connectivity index is 1.74. The first-order valence-corrected chi connectivity index (χ1v) is 7.77. The normalized spacial score (nSPS) is 11.7. The molecule has 2 N–H and O–H groups in total. The SMILES string of the molecule is COc1cc(F)c(F)cc1NC(=O)NC(C)c1ncnn1-c1ncccn1. The number of methoxy groups -OCH3 is 1. The van der Waals surface area contributed by atoms with Crippen molar-refractivity contribution < 1.29 is 18.3 Å². The predicted molar refractivity (Wildman–Crippen MR) is 90.4 cm³/mol. The number of carbonyl (C=O) groups is 1. The van der Waals surface area contributed by atoms with Gasteiger partial charge in [0.15, 0.2) is 17.5 Å². The summed E-state index contributed by atoms with van der Waals surface area (Å²) in [5.41, 5.74) is -0.0195. The molecule has 27 heavy (non-hydrogen) atoms. The third-order valence-electron chi connectivity index (χ3n) is 3.54. The van der Waals surface area contributed by atoms with Crippen LogP contribution >= 0.6 is 0 Å². The van der Waals surface area contributed by atoms with Gasteiger partial charge in [0.05, 0.1) is 18.8 Å². The van der Waals surface area contributed by atoms with Gasteiger partial charge in [0.2, 0.25) is 0 Å². The van der Waals surface area contributed by atoms with E-state index in [1.807, 2.05) is 0 Å². The highest BCUT2D eigenvalue weighted by molar-refractivity contribution is 5.91. The minimum absolute atomic E-state index is 0.0162. The van der Waals surface area contributed by atoms with E-state index < -0.39 is 23.7 Å². The van der Waals surface area contributed by atoms with Gasteiger partial charge < -0.3 is 15.4 Å². The van der Waals surface area contributed by atoms with Gasteiger partial charge in [-0.25, -0.2) is 28.5 Å². The number of ether oxygens (including phenoxy) is 1. The van der Waals surface area contributed by atoms with Gasteiger partial charge in [0, 0.05) is 24.5 Å². The van der Waals surface area contributed by atoms with E-state index in [0.717, 1.165) is 12.1 Å². The Kier molecular flexibility index (Phi) is 5.20. The van der Waals surface area contributed by atoms with Gasteiger partial charge in [-0.15, -0.1) is 0 Å². The van der Waals surface area contributed by atoms with Gasteiger partial charge in [-0.2, -0.15) is 9.78 Å². The van der Waals surface area contributed by atoms with Crippen molar-refractivity contribution in [1.29, 1.82) is 0 Å². The van der Waals surface area contributed by atoms with Crippen molar-refractivity contribution in [3.63, 3.8) is 0 Å². The fourth-order valence-corrected chi connectivity index (χ4v) is 2.32. The number of nitrogens with zero attached hydrogens (tertiary/aromatic N) is 5. The van der Waals surface area contributed by atoms with Crippen LogP contribution in [0.2, 0.25) is 0 Å². The van der Waals surface area contributed by atoms with Crippen LogP contribution in [0.15, 0.2) is 36.9 Å². The highest BCUT2D eigenvalue weighted by Crippen LogP contribution is 2.27. The molecule has 0 fully saturated rings. The molecule has 2 heterocycles. The van der Waals surface area contributed by atoms with Gasteiger partial charge in [-0.1, -0.05) is 0 Å². The highest BCUT2D eigenvalue weighted by atomic mass is 19.2. The lowest BCUT2D eigenvalue weighted by Gasteiger charge is -2.16. The summed E-state index contributed by atoms with van der Waals surface area (Å²) in [4.78, 5) is 24.5. The molecule has 0 aliphatic rings. The van der Waals surface area contributed by atoms with Crippen molar-refractivity contribution in [2.24, 2.45) is 0 Å². The Labute approximate surface area is 152 Å². The van der Waals surface area contributed by atoms with Gasteiger partial charge in [0.25, 0.3) is 5.95 Å². The second-order valence-electron chi connectivity index (χ2n) is 5.37. The third-order valence-corrected chi connectivity index (χ3v) is 3.54. The van der Waals surface area contributed by atoms with Gasteiger partial charge in [-0.3, -0.25) is 0 Å². The molecule has 0 spiro atoms. The predicted octanol–water partition coefficient (Wildman–Crippen LogP) is 2.23. The Morgan fingerprint density at radius 1 is 1.19 bits per heavy atom. The van der Waals surface area contributed by atoms with Crippen molar-refractivity contribution in [3.8, 4) is 11.7 Å². The third kappa shape index (κ3) is 3.97. The minimum atomic E-state index is -1.11. The second kappa shape index (κ2) is 7.72. The molecule has 0 radical (unpaired) electrons. The molecular weight excluding hydrogens is 360 g/mol. The van der Waals surface area contributed by atoms with Crippen LogP contribution < -0.4 is 15.4 Å². The topological polar surface area (TPSA) is 107 Å².